The molecule has 5 rings (SSSR count). The Morgan fingerprint density at radius 1 is 0.692 bits per heavy atom. The van der Waals surface area contributed by atoms with Gasteiger partial charge >= 0.3 is 0 Å². The van der Waals surface area contributed by atoms with E-state index in [2.05, 4.69) is 24.5 Å². The lowest BCUT2D eigenvalue weighted by atomic mass is 9.83. The number of ether oxygens (including phenoxy) is 1. The Morgan fingerprint density at radius 2 is 1.08 bits per heavy atom. The number of halogens is 2. The Hall–Kier alpha value is -1.96. The Kier molecular flexibility index (Phi) is 12.0. The molecule has 6 nitrogen and oxygen atoms in total. The van der Waals surface area contributed by atoms with Crippen LogP contribution in [0.3, 0.4) is 0 Å². The summed E-state index contributed by atoms with van der Waals surface area (Å²) in [5.41, 5.74) is 3.55. The van der Waals surface area contributed by atoms with Crippen LogP contribution in [0.25, 0.3) is 0 Å². The number of hydrogen-bond acceptors (Lipinski definition) is 5. The van der Waals surface area contributed by atoms with Crippen LogP contribution in [0.1, 0.15) is 110 Å². The van der Waals surface area contributed by atoms with E-state index in [1.807, 2.05) is 36.4 Å². The van der Waals surface area contributed by atoms with E-state index >= 15 is 0 Å². The van der Waals surface area contributed by atoms with Gasteiger partial charge in [-0.3, -0.25) is 9.59 Å². The van der Waals surface area contributed by atoms with Crippen LogP contribution < -0.4 is 15.4 Å². The van der Waals surface area contributed by atoms with Crippen molar-refractivity contribution in [3.8, 4) is 11.5 Å². The summed E-state index contributed by atoms with van der Waals surface area (Å²) in [5.74, 6) is 1.80. The minimum Gasteiger partial charge on any atom is -0.457 e. The number of carbonyl (C=O) groups is 2. The largest absolute Gasteiger partial charge is 0.457 e. The molecule has 0 radical (unpaired) electrons. The number of benzene rings is 2. The highest BCUT2D eigenvalue weighted by atomic mass is 35.5. The first-order chi connectivity index (χ1) is 17.3. The van der Waals surface area contributed by atoms with Gasteiger partial charge in [0.15, 0.2) is 11.6 Å². The maximum atomic E-state index is 13.0. The Morgan fingerprint density at radius 3 is 1.46 bits per heavy atom. The minimum atomic E-state index is 0. The molecule has 1 aliphatic heterocycles. The fourth-order valence-electron chi connectivity index (χ4n) is 6.11. The van der Waals surface area contributed by atoms with Crippen LogP contribution in [0.4, 0.5) is 0 Å². The number of carbonyl (C=O) groups excluding carboxylic acids is 2. The smallest absolute Gasteiger partial charge is 0.176 e. The van der Waals surface area contributed by atoms with Crippen molar-refractivity contribution in [2.75, 3.05) is 13.1 Å². The zero-order valence-electron chi connectivity index (χ0n) is 23.2. The first-order valence-corrected chi connectivity index (χ1v) is 13.8. The van der Waals surface area contributed by atoms with E-state index in [0.717, 1.165) is 48.3 Å². The predicted molar refractivity (Wildman–Crippen MR) is 162 cm³/mol. The van der Waals surface area contributed by atoms with Gasteiger partial charge in [0.1, 0.15) is 11.5 Å². The first-order valence-electron chi connectivity index (χ1n) is 13.8. The average Bonchev–Trinajstić information content (AvgIpc) is 2.89. The zero-order valence-corrected chi connectivity index (χ0v) is 24.8. The molecule has 0 spiro atoms. The first kappa shape index (κ1) is 33.2. The summed E-state index contributed by atoms with van der Waals surface area (Å²) < 4.78 is 6.14. The minimum absolute atomic E-state index is 0. The van der Waals surface area contributed by atoms with Crippen molar-refractivity contribution < 1.29 is 19.8 Å². The molecule has 0 bridgehead atoms. The normalized spacial score (nSPS) is 18.5. The van der Waals surface area contributed by atoms with Gasteiger partial charge in [0.25, 0.3) is 0 Å². The van der Waals surface area contributed by atoms with Crippen molar-refractivity contribution in [1.82, 2.24) is 10.6 Å². The maximum absolute atomic E-state index is 13.0. The number of fused-ring (bicyclic) bond motifs is 2. The van der Waals surface area contributed by atoms with Gasteiger partial charge in [0, 0.05) is 39.8 Å². The van der Waals surface area contributed by atoms with Gasteiger partial charge < -0.3 is 20.8 Å². The van der Waals surface area contributed by atoms with Gasteiger partial charge in [0.2, 0.25) is 0 Å². The van der Waals surface area contributed by atoms with E-state index in [0.29, 0.717) is 30.6 Å². The molecule has 4 N–H and O–H groups in total. The summed E-state index contributed by atoms with van der Waals surface area (Å²) in [7, 11) is 0. The van der Waals surface area contributed by atoms with Crippen LogP contribution in [-0.2, 0) is 6.42 Å². The van der Waals surface area contributed by atoms with E-state index in [1.165, 1.54) is 38.5 Å². The summed E-state index contributed by atoms with van der Waals surface area (Å²) in [5, 5.41) is 7.05. The molecule has 0 amide bonds. The topological polar surface area (TPSA) is 98.9 Å². The molecule has 8 heteroatoms. The van der Waals surface area contributed by atoms with Gasteiger partial charge in [-0.05, 0) is 75.9 Å². The highest BCUT2D eigenvalue weighted by molar-refractivity contribution is 5.99. The molecule has 2 aromatic rings. The fourth-order valence-corrected chi connectivity index (χ4v) is 6.11. The lowest BCUT2D eigenvalue weighted by Crippen LogP contribution is -2.46. The van der Waals surface area contributed by atoms with Crippen molar-refractivity contribution in [2.45, 2.75) is 95.6 Å². The van der Waals surface area contributed by atoms with Gasteiger partial charge in [0.05, 0.1) is 13.1 Å². The van der Waals surface area contributed by atoms with E-state index in [-0.39, 0.29) is 52.9 Å². The molecule has 0 atom stereocenters. The second kappa shape index (κ2) is 14.1. The van der Waals surface area contributed by atoms with Crippen LogP contribution >= 0.6 is 24.8 Å². The average molecular weight is 580 g/mol. The van der Waals surface area contributed by atoms with Crippen molar-refractivity contribution in [1.29, 1.82) is 0 Å². The molecule has 2 aliphatic carbocycles. The molecular formula is C31H44Cl2N2O4. The van der Waals surface area contributed by atoms with Crippen LogP contribution in [0.5, 0.6) is 11.5 Å². The quantitative estimate of drug-likeness (QED) is 0.301. The molecule has 216 valence electrons. The van der Waals surface area contributed by atoms with Gasteiger partial charge in [-0.2, -0.15) is 0 Å². The van der Waals surface area contributed by atoms with Crippen LogP contribution in [0, 0.1) is 0 Å². The molecule has 3 aliphatic rings. The third-order valence-electron chi connectivity index (χ3n) is 8.63. The molecule has 0 unspecified atom stereocenters. The predicted octanol–water partition coefficient (Wildman–Crippen LogP) is 6.39. The fraction of sp³-hybridized carbons (Fsp3) is 0.548. The zero-order chi connectivity index (χ0) is 25.2. The molecule has 1 heterocycles. The standard InChI is InChI=1S/C31H40N2O3.2ClH.H2O/c1-30(13-5-3-6-14-30)32-20-26(34)22-9-11-28-24(17-22)19-25-18-23(10-12-29(25)36-28)27(35)21-33-31(2)15-7-4-8-16-31;;;/h9-12,17-18,32-33H,3-8,13-16,19-21H2,1-2H3;2*1H;1H2. The third kappa shape index (κ3) is 8.05. The molecule has 2 fully saturated rings. The second-order valence-electron chi connectivity index (χ2n) is 11.7. The molecule has 2 aromatic carbocycles. The monoisotopic (exact) mass is 578 g/mol. The summed E-state index contributed by atoms with van der Waals surface area (Å²) in [4.78, 5) is 26.0. The molecule has 2 saturated carbocycles. The Balaban J connectivity index is 0.00000178. The highest BCUT2D eigenvalue weighted by Gasteiger charge is 2.28. The SMILES string of the molecule is CC1(NCC(=O)c2ccc3c(c2)Cc2cc(C(=O)CNC4(C)CCCCC4)ccc2O3)CCCCC1.Cl.Cl.O. The third-order valence-corrected chi connectivity index (χ3v) is 8.63. The molecule has 0 saturated heterocycles. The van der Waals surface area contributed by atoms with E-state index in [4.69, 9.17) is 4.74 Å². The summed E-state index contributed by atoms with van der Waals surface area (Å²) >= 11 is 0. The van der Waals surface area contributed by atoms with E-state index < -0.39 is 0 Å². The second-order valence-corrected chi connectivity index (χ2v) is 11.7. The van der Waals surface area contributed by atoms with Crippen LogP contribution in [0.2, 0.25) is 0 Å². The van der Waals surface area contributed by atoms with E-state index in [1.54, 1.807) is 0 Å². The number of ketones is 2. The highest BCUT2D eigenvalue weighted by Crippen LogP contribution is 2.37. The van der Waals surface area contributed by atoms with Gasteiger partial charge in [-0.15, -0.1) is 24.8 Å². The lowest BCUT2D eigenvalue weighted by molar-refractivity contribution is 0.0964. The number of rotatable bonds is 8. The summed E-state index contributed by atoms with van der Waals surface area (Å²) in [6.45, 7) is 5.19. The number of hydrogen-bond donors (Lipinski definition) is 2. The molecular weight excluding hydrogens is 535 g/mol. The molecule has 0 aromatic heterocycles. The van der Waals surface area contributed by atoms with Gasteiger partial charge in [-0.1, -0.05) is 38.5 Å². The van der Waals surface area contributed by atoms with Crippen LogP contribution in [0.15, 0.2) is 36.4 Å². The maximum Gasteiger partial charge on any atom is 0.176 e. The van der Waals surface area contributed by atoms with Crippen molar-refractivity contribution >= 4 is 36.4 Å². The van der Waals surface area contributed by atoms with E-state index in [9.17, 15) is 9.59 Å². The Bertz CT molecular complexity index is 1050. The number of nitrogens with one attached hydrogen (secondary N) is 2. The van der Waals surface area contributed by atoms with Crippen molar-refractivity contribution in [3.05, 3.63) is 58.7 Å². The van der Waals surface area contributed by atoms with Crippen LogP contribution in [-0.4, -0.2) is 41.2 Å². The van der Waals surface area contributed by atoms with Gasteiger partial charge in [-0.25, -0.2) is 0 Å². The van der Waals surface area contributed by atoms with Crippen molar-refractivity contribution in [2.24, 2.45) is 0 Å². The summed E-state index contributed by atoms with van der Waals surface area (Å²) in [6.07, 6.45) is 12.7. The summed E-state index contributed by atoms with van der Waals surface area (Å²) in [6, 6.07) is 11.5. The Labute approximate surface area is 245 Å². The lowest BCUT2D eigenvalue weighted by Gasteiger charge is -2.34. The molecule has 39 heavy (non-hydrogen) atoms. The number of Topliss-reactive ketones (excluding diaryl/α,β-unsaturated/α-hetero) is 2. The van der Waals surface area contributed by atoms with Crippen molar-refractivity contribution in [3.63, 3.8) is 0 Å².